The molecule has 0 N–H and O–H groups in total. The van der Waals surface area contributed by atoms with Crippen LogP contribution in [0.4, 0.5) is 0 Å². The van der Waals surface area contributed by atoms with E-state index in [1.54, 1.807) is 11.9 Å². The number of hydrogen-bond acceptors (Lipinski definition) is 2. The lowest BCUT2D eigenvalue weighted by Crippen LogP contribution is -2.31. The van der Waals surface area contributed by atoms with E-state index in [2.05, 4.69) is 0 Å². The van der Waals surface area contributed by atoms with Gasteiger partial charge in [0, 0.05) is 13.6 Å². The third-order valence-corrected chi connectivity index (χ3v) is 1.52. The van der Waals surface area contributed by atoms with Crippen molar-refractivity contribution < 1.29 is 9.53 Å². The standard InChI is InChI=1S/C9H19NO2/c1-5-6-10(4)9(11)7-12-8(2)3/h8H,5-7H2,1-4H3. The number of rotatable bonds is 5. The fraction of sp³-hybridized carbons (Fsp3) is 0.889. The second-order valence-corrected chi connectivity index (χ2v) is 3.18. The van der Waals surface area contributed by atoms with Crippen LogP contribution in [0.5, 0.6) is 0 Å². The van der Waals surface area contributed by atoms with E-state index in [0.29, 0.717) is 0 Å². The molecule has 0 atom stereocenters. The molecule has 0 radical (unpaired) electrons. The van der Waals surface area contributed by atoms with Gasteiger partial charge in [0.05, 0.1) is 6.10 Å². The van der Waals surface area contributed by atoms with E-state index in [1.807, 2.05) is 20.8 Å². The molecule has 0 bridgehead atoms. The zero-order valence-corrected chi connectivity index (χ0v) is 8.46. The summed E-state index contributed by atoms with van der Waals surface area (Å²) in [6, 6.07) is 0. The highest BCUT2D eigenvalue weighted by atomic mass is 16.5. The maximum atomic E-state index is 11.2. The van der Waals surface area contributed by atoms with E-state index in [9.17, 15) is 4.79 Å². The first-order chi connectivity index (χ1) is 5.57. The van der Waals surface area contributed by atoms with Gasteiger partial charge in [0.25, 0.3) is 0 Å². The van der Waals surface area contributed by atoms with Gasteiger partial charge >= 0.3 is 0 Å². The third kappa shape index (κ3) is 5.13. The van der Waals surface area contributed by atoms with Crippen LogP contribution in [-0.4, -0.2) is 37.1 Å². The van der Waals surface area contributed by atoms with Gasteiger partial charge in [0.2, 0.25) is 5.91 Å². The van der Waals surface area contributed by atoms with E-state index in [-0.39, 0.29) is 18.6 Å². The number of ether oxygens (including phenoxy) is 1. The maximum Gasteiger partial charge on any atom is 0.248 e. The molecule has 3 heteroatoms. The molecule has 0 rings (SSSR count). The van der Waals surface area contributed by atoms with Crippen molar-refractivity contribution in [3.05, 3.63) is 0 Å². The van der Waals surface area contributed by atoms with Crippen molar-refractivity contribution in [2.45, 2.75) is 33.3 Å². The van der Waals surface area contributed by atoms with E-state index >= 15 is 0 Å². The summed E-state index contributed by atoms with van der Waals surface area (Å²) < 4.78 is 5.18. The minimum atomic E-state index is 0.0607. The van der Waals surface area contributed by atoms with Gasteiger partial charge in [0.1, 0.15) is 6.61 Å². The molecule has 0 aliphatic carbocycles. The van der Waals surface area contributed by atoms with E-state index in [1.165, 1.54) is 0 Å². The average Bonchev–Trinajstić information content (AvgIpc) is 2.00. The first-order valence-corrected chi connectivity index (χ1v) is 4.43. The molecule has 0 aromatic carbocycles. The highest BCUT2D eigenvalue weighted by Gasteiger charge is 2.07. The van der Waals surface area contributed by atoms with Gasteiger partial charge < -0.3 is 9.64 Å². The van der Waals surface area contributed by atoms with Crippen molar-refractivity contribution in [1.29, 1.82) is 0 Å². The minimum absolute atomic E-state index is 0.0607. The number of carbonyl (C=O) groups is 1. The van der Waals surface area contributed by atoms with Crippen LogP contribution in [0, 0.1) is 0 Å². The lowest BCUT2D eigenvalue weighted by atomic mass is 10.4. The van der Waals surface area contributed by atoms with Crippen molar-refractivity contribution in [1.82, 2.24) is 4.90 Å². The summed E-state index contributed by atoms with van der Waals surface area (Å²) >= 11 is 0. The smallest absolute Gasteiger partial charge is 0.248 e. The second kappa shape index (κ2) is 6.00. The SMILES string of the molecule is CCCN(C)C(=O)COC(C)C. The molecule has 0 aromatic heterocycles. The molecule has 0 aromatic rings. The molecular formula is C9H19NO2. The summed E-state index contributed by atoms with van der Waals surface area (Å²) in [6.07, 6.45) is 1.12. The Labute approximate surface area is 74.7 Å². The quantitative estimate of drug-likeness (QED) is 0.626. The number of hydrogen-bond donors (Lipinski definition) is 0. The molecular weight excluding hydrogens is 154 g/mol. The normalized spacial score (nSPS) is 10.4. The fourth-order valence-corrected chi connectivity index (χ4v) is 0.808. The largest absolute Gasteiger partial charge is 0.369 e. The summed E-state index contributed by atoms with van der Waals surface area (Å²) in [5.74, 6) is 0.0607. The van der Waals surface area contributed by atoms with Crippen LogP contribution in [0.2, 0.25) is 0 Å². The van der Waals surface area contributed by atoms with Gasteiger partial charge in [-0.1, -0.05) is 6.92 Å². The lowest BCUT2D eigenvalue weighted by Gasteiger charge is -2.16. The zero-order valence-electron chi connectivity index (χ0n) is 8.46. The van der Waals surface area contributed by atoms with Crippen molar-refractivity contribution in [2.75, 3.05) is 20.2 Å². The summed E-state index contributed by atoms with van der Waals surface area (Å²) in [4.78, 5) is 12.9. The van der Waals surface area contributed by atoms with Crippen molar-refractivity contribution >= 4 is 5.91 Å². The highest BCUT2D eigenvalue weighted by Crippen LogP contribution is 1.92. The molecule has 0 spiro atoms. The molecule has 0 unspecified atom stereocenters. The maximum absolute atomic E-state index is 11.2. The van der Waals surface area contributed by atoms with Crippen LogP contribution in [-0.2, 0) is 9.53 Å². The number of likely N-dealkylation sites (N-methyl/N-ethyl adjacent to an activating group) is 1. The number of amides is 1. The summed E-state index contributed by atoms with van der Waals surface area (Å²) in [5.41, 5.74) is 0. The lowest BCUT2D eigenvalue weighted by molar-refractivity contribution is -0.136. The molecule has 0 saturated heterocycles. The van der Waals surface area contributed by atoms with Gasteiger partial charge in [-0.05, 0) is 20.3 Å². The Hall–Kier alpha value is -0.570. The summed E-state index contributed by atoms with van der Waals surface area (Å²) in [6.45, 7) is 6.90. The van der Waals surface area contributed by atoms with Crippen LogP contribution in [0.3, 0.4) is 0 Å². The first kappa shape index (κ1) is 11.4. The Balaban J connectivity index is 3.57. The molecule has 0 aliphatic rings. The van der Waals surface area contributed by atoms with Crippen molar-refractivity contribution in [2.24, 2.45) is 0 Å². The topological polar surface area (TPSA) is 29.5 Å². The van der Waals surface area contributed by atoms with Gasteiger partial charge in [0.15, 0.2) is 0 Å². The van der Waals surface area contributed by atoms with Crippen LogP contribution >= 0.6 is 0 Å². The van der Waals surface area contributed by atoms with Crippen molar-refractivity contribution in [3.63, 3.8) is 0 Å². The molecule has 0 saturated carbocycles. The van der Waals surface area contributed by atoms with Crippen LogP contribution in [0.1, 0.15) is 27.2 Å². The molecule has 1 amide bonds. The van der Waals surface area contributed by atoms with Gasteiger partial charge in [-0.2, -0.15) is 0 Å². The van der Waals surface area contributed by atoms with Gasteiger partial charge in [-0.3, -0.25) is 4.79 Å². The number of carbonyl (C=O) groups excluding carboxylic acids is 1. The van der Waals surface area contributed by atoms with Crippen LogP contribution in [0.15, 0.2) is 0 Å². The third-order valence-electron chi connectivity index (χ3n) is 1.52. The Morgan fingerprint density at radius 1 is 1.50 bits per heavy atom. The first-order valence-electron chi connectivity index (χ1n) is 4.43. The summed E-state index contributed by atoms with van der Waals surface area (Å²) in [5, 5.41) is 0. The van der Waals surface area contributed by atoms with Crippen molar-refractivity contribution in [3.8, 4) is 0 Å². The van der Waals surface area contributed by atoms with Crippen LogP contribution < -0.4 is 0 Å². The average molecular weight is 173 g/mol. The Bertz CT molecular complexity index is 134. The Morgan fingerprint density at radius 2 is 2.08 bits per heavy atom. The zero-order chi connectivity index (χ0) is 9.56. The Morgan fingerprint density at radius 3 is 2.50 bits per heavy atom. The predicted molar refractivity (Wildman–Crippen MR) is 49.0 cm³/mol. The molecule has 0 heterocycles. The highest BCUT2D eigenvalue weighted by molar-refractivity contribution is 5.77. The molecule has 0 fully saturated rings. The fourth-order valence-electron chi connectivity index (χ4n) is 0.808. The van der Waals surface area contributed by atoms with E-state index in [4.69, 9.17) is 4.74 Å². The minimum Gasteiger partial charge on any atom is -0.369 e. The monoisotopic (exact) mass is 173 g/mol. The second-order valence-electron chi connectivity index (χ2n) is 3.18. The molecule has 72 valence electrons. The molecule has 3 nitrogen and oxygen atoms in total. The predicted octanol–water partition coefficient (Wildman–Crippen LogP) is 1.28. The van der Waals surface area contributed by atoms with Gasteiger partial charge in [-0.15, -0.1) is 0 Å². The number of nitrogens with zero attached hydrogens (tertiary/aromatic N) is 1. The molecule has 0 aliphatic heterocycles. The van der Waals surface area contributed by atoms with Crippen LogP contribution in [0.25, 0.3) is 0 Å². The Kier molecular flexibility index (Phi) is 5.72. The van der Waals surface area contributed by atoms with Gasteiger partial charge in [-0.25, -0.2) is 0 Å². The molecule has 12 heavy (non-hydrogen) atoms. The van der Waals surface area contributed by atoms with E-state index < -0.39 is 0 Å². The summed E-state index contributed by atoms with van der Waals surface area (Å²) in [7, 11) is 1.80. The van der Waals surface area contributed by atoms with E-state index in [0.717, 1.165) is 13.0 Å².